The number of esters is 1. The second-order valence-electron chi connectivity index (χ2n) is 2.71. The van der Waals surface area contributed by atoms with Crippen LogP contribution in [0, 0.1) is 0 Å². The number of nitrogens with zero attached hydrogens (tertiary/aromatic N) is 2. The highest BCUT2D eigenvalue weighted by Gasteiger charge is 2.23. The molecule has 1 unspecified atom stereocenters. The first-order valence-corrected chi connectivity index (χ1v) is 3.95. The number of hydrogen-bond acceptors (Lipinski definition) is 4. The molecule has 0 saturated carbocycles. The average Bonchev–Trinajstić information content (AvgIpc) is 2.53. The first kappa shape index (κ1) is 9.73. The Morgan fingerprint density at radius 2 is 2.54 bits per heavy atom. The van der Waals surface area contributed by atoms with Gasteiger partial charge < -0.3 is 15.0 Å². The molecule has 1 aromatic rings. The molecule has 0 bridgehead atoms. The van der Waals surface area contributed by atoms with Crippen molar-refractivity contribution >= 4 is 5.97 Å². The summed E-state index contributed by atoms with van der Waals surface area (Å²) in [6, 6.07) is 0. The molecule has 13 heavy (non-hydrogen) atoms. The number of imidazole rings is 1. The van der Waals surface area contributed by atoms with Gasteiger partial charge in [-0.3, -0.25) is 4.79 Å². The van der Waals surface area contributed by atoms with Gasteiger partial charge in [-0.25, -0.2) is 4.98 Å². The lowest BCUT2D eigenvalue weighted by Gasteiger charge is -2.11. The molecule has 0 spiro atoms. The number of rotatable bonds is 3. The molecule has 1 atom stereocenters. The summed E-state index contributed by atoms with van der Waals surface area (Å²) >= 11 is 0. The van der Waals surface area contributed by atoms with Crippen LogP contribution in [0.5, 0.6) is 0 Å². The van der Waals surface area contributed by atoms with E-state index >= 15 is 0 Å². The van der Waals surface area contributed by atoms with E-state index < -0.39 is 5.92 Å². The van der Waals surface area contributed by atoms with Gasteiger partial charge in [0.25, 0.3) is 0 Å². The highest BCUT2D eigenvalue weighted by molar-refractivity contribution is 5.77. The lowest BCUT2D eigenvalue weighted by molar-refractivity contribution is -0.142. The van der Waals surface area contributed by atoms with E-state index in [0.717, 1.165) is 0 Å². The molecule has 0 amide bonds. The Hall–Kier alpha value is -1.36. The van der Waals surface area contributed by atoms with Crippen molar-refractivity contribution in [2.45, 2.75) is 5.92 Å². The van der Waals surface area contributed by atoms with Crippen molar-refractivity contribution in [1.29, 1.82) is 0 Å². The van der Waals surface area contributed by atoms with Crippen LogP contribution in [0.2, 0.25) is 0 Å². The molecule has 2 N–H and O–H groups in total. The fourth-order valence-corrected chi connectivity index (χ4v) is 1.16. The number of nitrogens with two attached hydrogens (primary N) is 1. The van der Waals surface area contributed by atoms with E-state index in [1.807, 2.05) is 7.05 Å². The Bertz CT molecular complexity index is 295. The summed E-state index contributed by atoms with van der Waals surface area (Å²) in [6.45, 7) is 0.206. The van der Waals surface area contributed by atoms with E-state index in [2.05, 4.69) is 9.72 Å². The predicted octanol–water partition coefficient (Wildman–Crippen LogP) is -0.365. The second kappa shape index (κ2) is 4.04. The number of aromatic nitrogens is 2. The molecule has 0 saturated heterocycles. The first-order valence-electron chi connectivity index (χ1n) is 3.95. The third-order valence-electron chi connectivity index (χ3n) is 1.89. The molecule has 0 aliphatic heterocycles. The third kappa shape index (κ3) is 1.86. The van der Waals surface area contributed by atoms with Crippen LogP contribution in [0.1, 0.15) is 11.7 Å². The number of hydrogen-bond donors (Lipinski definition) is 1. The van der Waals surface area contributed by atoms with Gasteiger partial charge in [0.05, 0.1) is 7.11 Å². The van der Waals surface area contributed by atoms with E-state index in [9.17, 15) is 4.79 Å². The van der Waals surface area contributed by atoms with E-state index in [1.54, 1.807) is 17.0 Å². The highest BCUT2D eigenvalue weighted by Crippen LogP contribution is 2.12. The van der Waals surface area contributed by atoms with Crippen LogP contribution < -0.4 is 5.73 Å². The summed E-state index contributed by atoms with van der Waals surface area (Å²) in [5.41, 5.74) is 5.46. The summed E-state index contributed by atoms with van der Waals surface area (Å²) in [4.78, 5) is 15.3. The predicted molar refractivity (Wildman–Crippen MR) is 47.0 cm³/mol. The Morgan fingerprint density at radius 3 is 2.92 bits per heavy atom. The Morgan fingerprint density at radius 1 is 1.85 bits per heavy atom. The Kier molecular flexibility index (Phi) is 3.02. The molecule has 72 valence electrons. The van der Waals surface area contributed by atoms with Gasteiger partial charge in [-0.15, -0.1) is 0 Å². The molecular weight excluding hydrogens is 170 g/mol. The molecule has 0 radical (unpaired) electrons. The largest absolute Gasteiger partial charge is 0.468 e. The normalized spacial score (nSPS) is 12.5. The lowest BCUT2D eigenvalue weighted by Crippen LogP contribution is -2.25. The fourth-order valence-electron chi connectivity index (χ4n) is 1.16. The maximum atomic E-state index is 11.2. The molecule has 0 aliphatic carbocycles. The lowest BCUT2D eigenvalue weighted by atomic mass is 10.1. The van der Waals surface area contributed by atoms with Gasteiger partial charge in [-0.05, 0) is 0 Å². The number of aryl methyl sites for hydroxylation is 1. The van der Waals surface area contributed by atoms with Gasteiger partial charge in [0.15, 0.2) is 0 Å². The highest BCUT2D eigenvalue weighted by atomic mass is 16.5. The molecule has 1 heterocycles. The summed E-state index contributed by atoms with van der Waals surface area (Å²) in [7, 11) is 3.15. The van der Waals surface area contributed by atoms with Crippen molar-refractivity contribution in [2.75, 3.05) is 13.7 Å². The quantitative estimate of drug-likeness (QED) is 0.649. The van der Waals surface area contributed by atoms with Gasteiger partial charge in [0, 0.05) is 26.0 Å². The summed E-state index contributed by atoms with van der Waals surface area (Å²) in [5, 5.41) is 0. The van der Waals surface area contributed by atoms with Crippen molar-refractivity contribution in [3.8, 4) is 0 Å². The van der Waals surface area contributed by atoms with Crippen LogP contribution in [0.15, 0.2) is 12.4 Å². The van der Waals surface area contributed by atoms with Gasteiger partial charge in [-0.2, -0.15) is 0 Å². The average molecular weight is 183 g/mol. The van der Waals surface area contributed by atoms with Crippen molar-refractivity contribution in [2.24, 2.45) is 12.8 Å². The Balaban J connectivity index is 2.90. The van der Waals surface area contributed by atoms with Crippen LogP contribution in [0.3, 0.4) is 0 Å². The zero-order valence-corrected chi connectivity index (χ0v) is 7.73. The SMILES string of the molecule is COC(=O)C(CN)c1nccn1C. The van der Waals surface area contributed by atoms with Crippen LogP contribution in [-0.4, -0.2) is 29.2 Å². The first-order chi connectivity index (χ1) is 6.20. The molecule has 1 rings (SSSR count). The number of methoxy groups -OCH3 is 1. The van der Waals surface area contributed by atoms with Gasteiger partial charge in [0.2, 0.25) is 0 Å². The molecule has 1 aromatic heterocycles. The van der Waals surface area contributed by atoms with E-state index in [4.69, 9.17) is 5.73 Å². The van der Waals surface area contributed by atoms with Crippen molar-refractivity contribution in [3.05, 3.63) is 18.2 Å². The molecule has 0 aliphatic rings. The number of carbonyl (C=O) groups is 1. The molecule has 5 nitrogen and oxygen atoms in total. The zero-order chi connectivity index (χ0) is 9.84. The summed E-state index contributed by atoms with van der Waals surface area (Å²) in [6.07, 6.45) is 3.39. The van der Waals surface area contributed by atoms with Crippen molar-refractivity contribution in [3.63, 3.8) is 0 Å². The van der Waals surface area contributed by atoms with E-state index in [1.165, 1.54) is 7.11 Å². The standard InChI is InChI=1S/C8H13N3O2/c1-11-4-3-10-7(11)6(5-9)8(12)13-2/h3-4,6H,5,9H2,1-2H3. The van der Waals surface area contributed by atoms with Crippen molar-refractivity contribution < 1.29 is 9.53 Å². The van der Waals surface area contributed by atoms with Crippen molar-refractivity contribution in [1.82, 2.24) is 9.55 Å². The number of ether oxygens (including phenoxy) is 1. The summed E-state index contributed by atoms with van der Waals surface area (Å²) < 4.78 is 6.37. The monoisotopic (exact) mass is 183 g/mol. The minimum Gasteiger partial charge on any atom is -0.468 e. The number of carbonyl (C=O) groups excluding carboxylic acids is 1. The molecular formula is C8H13N3O2. The van der Waals surface area contributed by atoms with Crippen LogP contribution in [-0.2, 0) is 16.6 Å². The molecule has 0 fully saturated rings. The van der Waals surface area contributed by atoms with Gasteiger partial charge in [0.1, 0.15) is 11.7 Å². The maximum absolute atomic E-state index is 11.2. The van der Waals surface area contributed by atoms with Crippen LogP contribution in [0.4, 0.5) is 0 Å². The fraction of sp³-hybridized carbons (Fsp3) is 0.500. The molecule has 0 aromatic carbocycles. The second-order valence-corrected chi connectivity index (χ2v) is 2.71. The topological polar surface area (TPSA) is 70.1 Å². The zero-order valence-electron chi connectivity index (χ0n) is 7.73. The molecule has 5 heteroatoms. The van der Waals surface area contributed by atoms with Crippen LogP contribution in [0.25, 0.3) is 0 Å². The van der Waals surface area contributed by atoms with Gasteiger partial charge >= 0.3 is 5.97 Å². The van der Waals surface area contributed by atoms with E-state index in [-0.39, 0.29) is 12.5 Å². The smallest absolute Gasteiger partial charge is 0.317 e. The van der Waals surface area contributed by atoms with E-state index in [0.29, 0.717) is 5.82 Å². The maximum Gasteiger partial charge on any atom is 0.317 e. The Labute approximate surface area is 76.5 Å². The van der Waals surface area contributed by atoms with Crippen LogP contribution >= 0.6 is 0 Å². The third-order valence-corrected chi connectivity index (χ3v) is 1.89. The minimum atomic E-state index is -0.468. The summed E-state index contributed by atoms with van der Waals surface area (Å²) in [5.74, 6) is -0.184. The minimum absolute atomic E-state index is 0.206. The van der Waals surface area contributed by atoms with Gasteiger partial charge in [-0.1, -0.05) is 0 Å².